The van der Waals surface area contributed by atoms with Gasteiger partial charge in [-0.05, 0) is 151 Å². The SMILES string of the molecule is CCCOCCOCCOCCOc1ccc2c(c1)N(C(C)C)C(C1CCCCC(C3N(C(C)C)c4ccc(OCCOCCOCCOCCN=[N+]=[N-])cc4N3C(C)C)C1C1N(C(C)C)c3ccc(OCCOCCOCCOCCC)cc3N1C(C)C)N2C(C)C. The van der Waals surface area contributed by atoms with Crippen LogP contribution >= 0.6 is 0 Å². The van der Waals surface area contributed by atoms with Gasteiger partial charge in [0.15, 0.2) is 0 Å². The maximum Gasteiger partial charge on any atom is 0.121 e. The zero-order valence-corrected chi connectivity index (χ0v) is 59.3. The Bertz CT molecular complexity index is 2650. The highest BCUT2D eigenvalue weighted by atomic mass is 16.6. The number of nitrogens with zero attached hydrogens (tertiary/aromatic N) is 9. The van der Waals surface area contributed by atoms with Crippen LogP contribution in [0, 0.1) is 17.8 Å². The molecule has 0 N–H and O–H groups in total. The Morgan fingerprint density at radius 2 is 0.613 bits per heavy atom. The summed E-state index contributed by atoms with van der Waals surface area (Å²) in [4.78, 5) is 19.4. The van der Waals surface area contributed by atoms with Gasteiger partial charge in [0.05, 0.1) is 140 Å². The Kier molecular flexibility index (Phi) is 32.1. The third kappa shape index (κ3) is 20.7. The van der Waals surface area contributed by atoms with Gasteiger partial charge in [-0.2, -0.15) is 0 Å². The third-order valence-corrected chi connectivity index (χ3v) is 17.8. The topological polar surface area (TPSA) is 179 Å². The van der Waals surface area contributed by atoms with E-state index < -0.39 is 0 Å². The van der Waals surface area contributed by atoms with Crippen LogP contribution in [0.5, 0.6) is 17.2 Å². The Balaban J connectivity index is 1.22. The van der Waals surface area contributed by atoms with E-state index in [2.05, 4.69) is 191 Å². The van der Waals surface area contributed by atoms with Crippen LogP contribution in [-0.2, 0) is 42.6 Å². The largest absolute Gasteiger partial charge is 0.491 e. The van der Waals surface area contributed by atoms with Crippen molar-refractivity contribution in [1.29, 1.82) is 0 Å². The van der Waals surface area contributed by atoms with E-state index in [1.54, 1.807) is 0 Å². The average molecular weight is 1300 g/mol. The molecule has 1 saturated carbocycles. The maximum absolute atomic E-state index is 8.48. The highest BCUT2D eigenvalue weighted by Crippen LogP contribution is 2.58. The number of hydrogen-bond acceptors (Lipinski definition) is 19. The number of fused-ring (bicyclic) bond motifs is 3. The normalized spacial score (nSPS) is 19.7. The molecule has 6 unspecified atom stereocenters. The Labute approximate surface area is 558 Å². The molecule has 7 rings (SSSR count). The van der Waals surface area contributed by atoms with Crippen molar-refractivity contribution in [3.05, 3.63) is 65.0 Å². The Morgan fingerprint density at radius 3 is 0.903 bits per heavy atom. The fraction of sp³-hybridized carbons (Fsp3) is 0.750. The molecule has 0 radical (unpaired) electrons. The van der Waals surface area contributed by atoms with E-state index in [0.29, 0.717) is 132 Å². The van der Waals surface area contributed by atoms with Crippen molar-refractivity contribution in [2.45, 2.75) is 190 Å². The second-order valence-corrected chi connectivity index (χ2v) is 26.4. The molecule has 21 heteroatoms. The first kappa shape index (κ1) is 75.2. The molecule has 3 aromatic carbocycles. The molecule has 6 atom stereocenters. The van der Waals surface area contributed by atoms with Crippen LogP contribution in [0.2, 0.25) is 0 Å². The summed E-state index contributed by atoms with van der Waals surface area (Å²) in [7, 11) is 0. The van der Waals surface area contributed by atoms with Crippen molar-refractivity contribution in [3.8, 4) is 17.2 Å². The van der Waals surface area contributed by atoms with Gasteiger partial charge in [-0.3, -0.25) is 0 Å². The quantitative estimate of drug-likeness (QED) is 0.0171. The van der Waals surface area contributed by atoms with E-state index in [4.69, 9.17) is 62.4 Å². The summed E-state index contributed by atoms with van der Waals surface area (Å²) in [5.74, 6) is 3.07. The molecular formula is C72H119N9O12. The maximum atomic E-state index is 8.48. The van der Waals surface area contributed by atoms with Crippen molar-refractivity contribution < 1.29 is 56.8 Å². The van der Waals surface area contributed by atoms with Gasteiger partial charge in [0.2, 0.25) is 0 Å². The predicted molar refractivity (Wildman–Crippen MR) is 374 cm³/mol. The number of azide groups is 1. The van der Waals surface area contributed by atoms with Crippen LogP contribution in [0.15, 0.2) is 59.7 Å². The fourth-order valence-electron chi connectivity index (χ4n) is 14.3. The molecule has 21 nitrogen and oxygen atoms in total. The number of anilines is 6. The molecule has 3 heterocycles. The smallest absolute Gasteiger partial charge is 0.121 e. The molecule has 1 aliphatic carbocycles. The predicted octanol–water partition coefficient (Wildman–Crippen LogP) is 13.2. The molecule has 0 saturated heterocycles. The van der Waals surface area contributed by atoms with Crippen molar-refractivity contribution in [2.75, 3.05) is 175 Å². The van der Waals surface area contributed by atoms with Crippen molar-refractivity contribution in [2.24, 2.45) is 22.9 Å². The first-order valence-corrected chi connectivity index (χ1v) is 35.4. The molecule has 93 heavy (non-hydrogen) atoms. The molecule has 3 aromatic rings. The monoisotopic (exact) mass is 1300 g/mol. The molecule has 0 spiro atoms. The van der Waals surface area contributed by atoms with E-state index in [0.717, 1.165) is 69.0 Å². The van der Waals surface area contributed by atoms with Crippen LogP contribution in [0.3, 0.4) is 0 Å². The second-order valence-electron chi connectivity index (χ2n) is 26.4. The van der Waals surface area contributed by atoms with Gasteiger partial charge in [-0.15, -0.1) is 0 Å². The highest BCUT2D eigenvalue weighted by molar-refractivity contribution is 5.83. The van der Waals surface area contributed by atoms with Gasteiger partial charge in [0.25, 0.3) is 0 Å². The average Bonchev–Trinajstić information content (AvgIpc) is 1.57. The summed E-state index contributed by atoms with van der Waals surface area (Å²) in [6.45, 7) is 43.8. The number of rotatable bonds is 46. The third-order valence-electron chi connectivity index (χ3n) is 17.8. The minimum atomic E-state index is -0.01000. The van der Waals surface area contributed by atoms with E-state index in [1.165, 1.54) is 34.1 Å². The minimum Gasteiger partial charge on any atom is -0.491 e. The van der Waals surface area contributed by atoms with E-state index >= 15 is 0 Å². The van der Waals surface area contributed by atoms with Gasteiger partial charge >= 0.3 is 0 Å². The van der Waals surface area contributed by atoms with E-state index in [1.807, 2.05) is 0 Å². The lowest BCUT2D eigenvalue weighted by molar-refractivity contribution is 0.00945. The van der Waals surface area contributed by atoms with Crippen LogP contribution < -0.4 is 43.6 Å². The summed E-state index contributed by atoms with van der Waals surface area (Å²) >= 11 is 0. The van der Waals surface area contributed by atoms with Crippen LogP contribution in [0.25, 0.3) is 10.4 Å². The van der Waals surface area contributed by atoms with Crippen LogP contribution in [0.1, 0.15) is 135 Å². The zero-order valence-electron chi connectivity index (χ0n) is 59.3. The summed E-state index contributed by atoms with van der Waals surface area (Å²) in [6.07, 6.45) is 6.45. The fourth-order valence-corrected chi connectivity index (χ4v) is 14.3. The summed E-state index contributed by atoms with van der Waals surface area (Å²) < 4.78 is 71.4. The molecule has 4 aliphatic rings. The van der Waals surface area contributed by atoms with Gasteiger partial charge in [0.1, 0.15) is 55.6 Å². The second kappa shape index (κ2) is 39.8. The zero-order chi connectivity index (χ0) is 66.7. The first-order valence-electron chi connectivity index (χ1n) is 35.4. The van der Waals surface area contributed by atoms with Crippen molar-refractivity contribution >= 4 is 34.1 Å². The molecule has 0 amide bonds. The Morgan fingerprint density at radius 1 is 0.355 bits per heavy atom. The highest BCUT2D eigenvalue weighted by Gasteiger charge is 2.58. The lowest BCUT2D eigenvalue weighted by Gasteiger charge is -2.54. The van der Waals surface area contributed by atoms with Crippen molar-refractivity contribution in [3.63, 3.8) is 0 Å². The number of ether oxygens (including phenoxy) is 12. The molecule has 1 fully saturated rings. The van der Waals surface area contributed by atoms with Crippen molar-refractivity contribution in [1.82, 2.24) is 0 Å². The minimum absolute atomic E-state index is 0.01000. The Hall–Kier alpha value is -5.19. The molecule has 0 aromatic heterocycles. The molecular weight excluding hydrogens is 1180 g/mol. The standard InChI is InChI=1S/C72H119N9O12/c1-15-28-82-31-34-85-37-40-88-43-46-91-58-21-24-63-66(49-58)79(55(9)10)70(76(63)52(3)4)61-19-17-18-20-62(69(61)72-78(54(7)8)65-26-23-60(51-68(65)81(72)57(13)14)93-48-45-89-41-38-86-35-32-83-29-16-2)71-77(53(5)6)64-25-22-59(50-67(64)80(71)56(11)12)92-47-44-90-42-39-87-36-33-84-30-27-74-75-73/h21-26,49-57,61-62,69-72H,15-20,27-48H2,1-14H3. The summed E-state index contributed by atoms with van der Waals surface area (Å²) in [5, 5.41) is 3.50. The van der Waals surface area contributed by atoms with E-state index in [9.17, 15) is 0 Å². The van der Waals surface area contributed by atoms with Gasteiger partial charge < -0.3 is 86.2 Å². The number of hydrogen-bond donors (Lipinski definition) is 0. The van der Waals surface area contributed by atoms with E-state index in [-0.39, 0.29) is 72.5 Å². The van der Waals surface area contributed by atoms with Gasteiger partial charge in [-0.1, -0.05) is 31.8 Å². The van der Waals surface area contributed by atoms with Crippen LogP contribution in [0.4, 0.5) is 34.1 Å². The first-order chi connectivity index (χ1) is 45.2. The lowest BCUT2D eigenvalue weighted by atomic mass is 9.72. The summed E-state index contributed by atoms with van der Waals surface area (Å²) in [6, 6.07) is 21.4. The van der Waals surface area contributed by atoms with Gasteiger partial charge in [-0.25, -0.2) is 0 Å². The van der Waals surface area contributed by atoms with Gasteiger partial charge in [0, 0.05) is 96.9 Å². The number of benzene rings is 3. The molecule has 3 aliphatic heterocycles. The summed E-state index contributed by atoms with van der Waals surface area (Å²) in [5.41, 5.74) is 15.9. The molecule has 0 bridgehead atoms. The lowest BCUT2D eigenvalue weighted by Crippen LogP contribution is -2.65. The van der Waals surface area contributed by atoms with Crippen LogP contribution in [-0.4, -0.2) is 200 Å². The molecule has 524 valence electrons.